The number of benzene rings is 8. The molecule has 202 valence electrons. The molecule has 0 saturated carbocycles. The molecule has 0 aliphatic heterocycles. The Bertz CT molecular complexity index is 2410. The highest BCUT2D eigenvalue weighted by atomic mass is 14.4. The average molecular weight is 547 g/mol. The van der Waals surface area contributed by atoms with E-state index in [1.807, 2.05) is 0 Å². The lowest BCUT2D eigenvalue weighted by atomic mass is 9.77. The summed E-state index contributed by atoms with van der Waals surface area (Å²) < 4.78 is 0. The Morgan fingerprint density at radius 3 is 1.77 bits per heavy atom. The van der Waals surface area contributed by atoms with E-state index >= 15 is 0 Å². The quantitative estimate of drug-likeness (QED) is 0.149. The minimum atomic E-state index is -0.164. The Morgan fingerprint density at radius 2 is 1.00 bits per heavy atom. The van der Waals surface area contributed by atoms with Crippen molar-refractivity contribution in [1.29, 1.82) is 0 Å². The molecule has 43 heavy (non-hydrogen) atoms. The molecule has 0 spiro atoms. The van der Waals surface area contributed by atoms with Crippen LogP contribution in [0.3, 0.4) is 0 Å². The zero-order chi connectivity index (χ0) is 28.7. The molecular weight excluding hydrogens is 516 g/mol. The summed E-state index contributed by atoms with van der Waals surface area (Å²) in [5.41, 5.74) is 10.6. The second-order valence-corrected chi connectivity index (χ2v) is 12.5. The van der Waals surface area contributed by atoms with Gasteiger partial charge in [-0.15, -0.1) is 0 Å². The SMILES string of the molecule is CC1(C)c2cc(-c3c4ccccc4cc4c3ccc3ccccc34)ccc2-c2c1c(-c1ccccc1)cc1ccccc21. The topological polar surface area (TPSA) is 0 Å². The van der Waals surface area contributed by atoms with E-state index in [1.54, 1.807) is 0 Å². The monoisotopic (exact) mass is 546 g/mol. The third-order valence-corrected chi connectivity index (χ3v) is 9.78. The molecule has 8 aromatic rings. The lowest BCUT2D eigenvalue weighted by Gasteiger charge is -2.26. The van der Waals surface area contributed by atoms with Crippen LogP contribution < -0.4 is 0 Å². The van der Waals surface area contributed by atoms with Gasteiger partial charge in [-0.3, -0.25) is 0 Å². The van der Waals surface area contributed by atoms with Crippen LogP contribution in [0, 0.1) is 0 Å². The molecule has 0 nitrogen and oxygen atoms in total. The van der Waals surface area contributed by atoms with Crippen LogP contribution in [0.5, 0.6) is 0 Å². The second kappa shape index (κ2) is 8.90. The molecule has 0 fully saturated rings. The minimum absolute atomic E-state index is 0.164. The molecule has 0 amide bonds. The van der Waals surface area contributed by atoms with Crippen molar-refractivity contribution in [1.82, 2.24) is 0 Å². The van der Waals surface area contributed by atoms with Crippen LogP contribution in [-0.4, -0.2) is 0 Å². The third kappa shape index (κ3) is 3.44. The lowest BCUT2D eigenvalue weighted by Crippen LogP contribution is -2.16. The maximum atomic E-state index is 2.50. The summed E-state index contributed by atoms with van der Waals surface area (Å²) in [7, 11) is 0. The van der Waals surface area contributed by atoms with E-state index in [4.69, 9.17) is 0 Å². The average Bonchev–Trinajstić information content (AvgIpc) is 3.30. The predicted octanol–water partition coefficient (Wildman–Crippen LogP) is 11.9. The van der Waals surface area contributed by atoms with Crippen molar-refractivity contribution in [2.45, 2.75) is 19.3 Å². The van der Waals surface area contributed by atoms with E-state index in [2.05, 4.69) is 159 Å². The Balaban J connectivity index is 1.36. The van der Waals surface area contributed by atoms with Gasteiger partial charge in [0.2, 0.25) is 0 Å². The van der Waals surface area contributed by atoms with Crippen LogP contribution in [0.25, 0.3) is 76.5 Å². The summed E-state index contributed by atoms with van der Waals surface area (Å²) >= 11 is 0. The van der Waals surface area contributed by atoms with Crippen molar-refractivity contribution in [2.75, 3.05) is 0 Å². The van der Waals surface area contributed by atoms with Gasteiger partial charge >= 0.3 is 0 Å². The zero-order valence-corrected chi connectivity index (χ0v) is 24.4. The molecule has 1 aliphatic carbocycles. The van der Waals surface area contributed by atoms with Crippen molar-refractivity contribution in [2.24, 2.45) is 0 Å². The largest absolute Gasteiger partial charge is 0.0622 e. The van der Waals surface area contributed by atoms with Crippen molar-refractivity contribution < 1.29 is 0 Å². The molecule has 0 atom stereocenters. The summed E-state index contributed by atoms with van der Waals surface area (Å²) in [5, 5.41) is 10.4. The first-order valence-electron chi connectivity index (χ1n) is 15.2. The lowest BCUT2D eigenvalue weighted by molar-refractivity contribution is 0.663. The Hall–Kier alpha value is -5.20. The van der Waals surface area contributed by atoms with E-state index in [0.717, 1.165) is 0 Å². The number of hydrogen-bond donors (Lipinski definition) is 0. The summed E-state index contributed by atoms with van der Waals surface area (Å²) in [6.45, 7) is 4.83. The van der Waals surface area contributed by atoms with Crippen LogP contribution >= 0.6 is 0 Å². The first-order chi connectivity index (χ1) is 21.1. The number of rotatable bonds is 2. The van der Waals surface area contributed by atoms with Gasteiger partial charge in [-0.05, 0) is 106 Å². The maximum Gasteiger partial charge on any atom is 0.0165 e. The standard InChI is InChI=1S/C43H30/c1-43(2)39-26-31(40-33-18-10-7-16-30(33)25-38-32-17-9-6-14-28(32)20-22-35(38)40)21-23-36(39)41-34-19-11-8-15-29(34)24-37(42(41)43)27-12-4-3-5-13-27/h3-26H,1-2H3. The summed E-state index contributed by atoms with van der Waals surface area (Å²) in [6, 6.07) is 54.1. The van der Waals surface area contributed by atoms with Gasteiger partial charge < -0.3 is 0 Å². The van der Waals surface area contributed by atoms with Crippen LogP contribution in [0.2, 0.25) is 0 Å². The van der Waals surface area contributed by atoms with Crippen LogP contribution in [0.15, 0.2) is 146 Å². The molecule has 0 unspecified atom stereocenters. The highest BCUT2D eigenvalue weighted by molar-refractivity contribution is 6.20. The van der Waals surface area contributed by atoms with E-state index in [0.29, 0.717) is 0 Å². The van der Waals surface area contributed by atoms with Crippen LogP contribution in [-0.2, 0) is 5.41 Å². The molecule has 1 aliphatic rings. The molecule has 0 saturated heterocycles. The highest BCUT2D eigenvalue weighted by Gasteiger charge is 2.39. The second-order valence-electron chi connectivity index (χ2n) is 12.5. The molecule has 0 heteroatoms. The molecule has 8 aromatic carbocycles. The third-order valence-electron chi connectivity index (χ3n) is 9.78. The van der Waals surface area contributed by atoms with Crippen molar-refractivity contribution in [3.63, 3.8) is 0 Å². The van der Waals surface area contributed by atoms with Crippen molar-refractivity contribution >= 4 is 43.1 Å². The van der Waals surface area contributed by atoms with Crippen LogP contribution in [0.4, 0.5) is 0 Å². The van der Waals surface area contributed by atoms with E-state index in [9.17, 15) is 0 Å². The molecule has 0 N–H and O–H groups in total. The van der Waals surface area contributed by atoms with E-state index in [-0.39, 0.29) is 5.41 Å². The van der Waals surface area contributed by atoms with Gasteiger partial charge in [0.05, 0.1) is 0 Å². The Labute approximate surface area is 251 Å². The van der Waals surface area contributed by atoms with Crippen molar-refractivity contribution in [3.8, 4) is 33.4 Å². The molecule has 9 rings (SSSR count). The first-order valence-corrected chi connectivity index (χ1v) is 15.2. The highest BCUT2D eigenvalue weighted by Crippen LogP contribution is 2.56. The smallest absolute Gasteiger partial charge is 0.0165 e. The predicted molar refractivity (Wildman–Crippen MR) is 185 cm³/mol. The zero-order valence-electron chi connectivity index (χ0n) is 24.4. The fourth-order valence-corrected chi connectivity index (χ4v) is 7.82. The van der Waals surface area contributed by atoms with Gasteiger partial charge in [-0.25, -0.2) is 0 Å². The van der Waals surface area contributed by atoms with Gasteiger partial charge in [0, 0.05) is 5.41 Å². The molecule has 0 bridgehead atoms. The summed E-state index contributed by atoms with van der Waals surface area (Å²) in [5.74, 6) is 0. The van der Waals surface area contributed by atoms with Gasteiger partial charge in [-0.2, -0.15) is 0 Å². The Kier molecular flexibility index (Phi) is 5.05. The summed E-state index contributed by atoms with van der Waals surface area (Å²) in [6.07, 6.45) is 0. The van der Waals surface area contributed by atoms with Crippen LogP contribution in [0.1, 0.15) is 25.0 Å². The molecule has 0 radical (unpaired) electrons. The number of fused-ring (bicyclic) bond motifs is 9. The van der Waals surface area contributed by atoms with E-state index in [1.165, 1.54) is 87.6 Å². The first kappa shape index (κ1) is 24.4. The normalized spacial score (nSPS) is 13.5. The fourth-order valence-electron chi connectivity index (χ4n) is 7.82. The van der Waals surface area contributed by atoms with Gasteiger partial charge in [0.1, 0.15) is 0 Å². The minimum Gasteiger partial charge on any atom is -0.0622 e. The number of hydrogen-bond acceptors (Lipinski definition) is 0. The molecule has 0 aromatic heterocycles. The molecule has 0 heterocycles. The van der Waals surface area contributed by atoms with E-state index < -0.39 is 0 Å². The van der Waals surface area contributed by atoms with Gasteiger partial charge in [-0.1, -0.05) is 141 Å². The van der Waals surface area contributed by atoms with Gasteiger partial charge in [0.15, 0.2) is 0 Å². The molecular formula is C43H30. The maximum absolute atomic E-state index is 2.50. The fraction of sp³-hybridized carbons (Fsp3) is 0.0698. The van der Waals surface area contributed by atoms with Gasteiger partial charge in [0.25, 0.3) is 0 Å². The van der Waals surface area contributed by atoms with Crippen molar-refractivity contribution in [3.05, 3.63) is 157 Å². The summed E-state index contributed by atoms with van der Waals surface area (Å²) in [4.78, 5) is 0. The Morgan fingerprint density at radius 1 is 0.372 bits per heavy atom.